The lowest BCUT2D eigenvalue weighted by atomic mass is 9.78. The normalized spacial score (nSPS) is 18.9. The Kier molecular flexibility index (Phi) is 4.28. The van der Waals surface area contributed by atoms with E-state index in [4.69, 9.17) is 5.73 Å². The van der Waals surface area contributed by atoms with Gasteiger partial charge < -0.3 is 5.73 Å². The molecule has 1 aliphatic rings. The van der Waals surface area contributed by atoms with Gasteiger partial charge in [0.25, 0.3) is 5.69 Å². The Morgan fingerprint density at radius 1 is 1.40 bits per heavy atom. The summed E-state index contributed by atoms with van der Waals surface area (Å²) in [5, 5.41) is 10.9. The fraction of sp³-hybridized carbons (Fsp3) is 0.600. The van der Waals surface area contributed by atoms with Gasteiger partial charge in [-0.15, -0.1) is 0 Å². The van der Waals surface area contributed by atoms with Gasteiger partial charge in [-0.1, -0.05) is 26.3 Å². The number of hydrogen-bond acceptors (Lipinski definition) is 4. The van der Waals surface area contributed by atoms with Crippen LogP contribution in [0.3, 0.4) is 0 Å². The van der Waals surface area contributed by atoms with Crippen LogP contribution < -0.4 is 5.73 Å². The molecule has 2 rings (SSSR count). The van der Waals surface area contributed by atoms with Crippen molar-refractivity contribution in [3.63, 3.8) is 0 Å². The molecule has 5 nitrogen and oxygen atoms in total. The molecule has 5 heteroatoms. The molecule has 20 heavy (non-hydrogen) atoms. The highest BCUT2D eigenvalue weighted by atomic mass is 16.6. The second kappa shape index (κ2) is 5.79. The first kappa shape index (κ1) is 14.8. The number of anilines is 1. The molecule has 1 heterocycles. The summed E-state index contributed by atoms with van der Waals surface area (Å²) in [5.74, 6) is 0. The zero-order valence-electron chi connectivity index (χ0n) is 12.3. The van der Waals surface area contributed by atoms with Crippen LogP contribution in [-0.2, 0) is 6.54 Å². The van der Waals surface area contributed by atoms with E-state index in [-0.39, 0.29) is 11.4 Å². The van der Waals surface area contributed by atoms with Crippen LogP contribution in [0.25, 0.3) is 0 Å². The molecule has 1 fully saturated rings. The average Bonchev–Trinajstić information content (AvgIpc) is 2.43. The molecule has 0 bridgehead atoms. The fourth-order valence-corrected chi connectivity index (χ4v) is 2.71. The lowest BCUT2D eigenvalue weighted by Gasteiger charge is -2.38. The summed E-state index contributed by atoms with van der Waals surface area (Å²) in [5.41, 5.74) is 7.29. The van der Waals surface area contributed by atoms with Crippen LogP contribution in [0.4, 0.5) is 11.4 Å². The van der Waals surface area contributed by atoms with Crippen LogP contribution in [0, 0.1) is 15.5 Å². The lowest BCUT2D eigenvalue weighted by molar-refractivity contribution is -0.384. The summed E-state index contributed by atoms with van der Waals surface area (Å²) in [6.45, 7) is 7.48. The number of hydrogen-bond donors (Lipinski definition) is 1. The van der Waals surface area contributed by atoms with Gasteiger partial charge in [-0.05, 0) is 43.0 Å². The van der Waals surface area contributed by atoms with Gasteiger partial charge in [-0.25, -0.2) is 0 Å². The quantitative estimate of drug-likeness (QED) is 0.521. The zero-order valence-corrected chi connectivity index (χ0v) is 12.3. The van der Waals surface area contributed by atoms with Gasteiger partial charge in [0.2, 0.25) is 0 Å². The van der Waals surface area contributed by atoms with Crippen molar-refractivity contribution >= 4 is 11.4 Å². The van der Waals surface area contributed by atoms with E-state index in [1.807, 2.05) is 6.07 Å². The van der Waals surface area contributed by atoms with Crippen molar-refractivity contribution in [3.05, 3.63) is 33.9 Å². The molecule has 110 valence electrons. The third-order valence-electron chi connectivity index (χ3n) is 4.61. The van der Waals surface area contributed by atoms with Crippen LogP contribution in [0.1, 0.15) is 38.7 Å². The maximum Gasteiger partial charge on any atom is 0.292 e. The fourth-order valence-electron chi connectivity index (χ4n) is 2.71. The van der Waals surface area contributed by atoms with Crippen molar-refractivity contribution in [2.75, 3.05) is 18.8 Å². The highest BCUT2D eigenvalue weighted by molar-refractivity contribution is 5.59. The summed E-state index contributed by atoms with van der Waals surface area (Å²) in [6, 6.07) is 5.12. The Morgan fingerprint density at radius 3 is 2.60 bits per heavy atom. The number of nitrogen functional groups attached to an aromatic ring is 1. The van der Waals surface area contributed by atoms with Crippen LogP contribution in [0.5, 0.6) is 0 Å². The van der Waals surface area contributed by atoms with Gasteiger partial charge in [0.15, 0.2) is 0 Å². The van der Waals surface area contributed by atoms with E-state index in [0.29, 0.717) is 5.41 Å². The van der Waals surface area contributed by atoms with E-state index in [1.54, 1.807) is 12.1 Å². The maximum atomic E-state index is 10.9. The third kappa shape index (κ3) is 3.28. The van der Waals surface area contributed by atoms with Gasteiger partial charge in [0.1, 0.15) is 5.69 Å². The van der Waals surface area contributed by atoms with E-state index in [1.165, 1.54) is 19.3 Å². The maximum absolute atomic E-state index is 10.9. The minimum absolute atomic E-state index is 0.0119. The molecule has 0 radical (unpaired) electrons. The summed E-state index contributed by atoms with van der Waals surface area (Å²) < 4.78 is 0. The number of rotatable bonds is 4. The molecule has 1 aromatic rings. The highest BCUT2D eigenvalue weighted by Crippen LogP contribution is 2.34. The number of nitrogens with two attached hydrogens (primary N) is 1. The summed E-state index contributed by atoms with van der Waals surface area (Å²) >= 11 is 0. The number of likely N-dealkylation sites (tertiary alicyclic amines) is 1. The highest BCUT2D eigenvalue weighted by Gasteiger charge is 2.28. The Morgan fingerprint density at radius 2 is 2.05 bits per heavy atom. The second-order valence-corrected chi connectivity index (χ2v) is 6.09. The predicted octanol–water partition coefficient (Wildman–Crippen LogP) is 3.19. The molecule has 1 aliphatic heterocycles. The smallest absolute Gasteiger partial charge is 0.292 e. The minimum Gasteiger partial charge on any atom is -0.393 e. The number of piperidine rings is 1. The van der Waals surface area contributed by atoms with E-state index in [9.17, 15) is 10.1 Å². The largest absolute Gasteiger partial charge is 0.393 e. The molecule has 1 saturated heterocycles. The van der Waals surface area contributed by atoms with Crippen molar-refractivity contribution in [1.29, 1.82) is 0 Å². The zero-order chi connectivity index (χ0) is 14.8. The first-order chi connectivity index (χ1) is 9.43. The molecular formula is C15H23N3O2. The van der Waals surface area contributed by atoms with E-state index < -0.39 is 4.92 Å². The molecule has 2 N–H and O–H groups in total. The summed E-state index contributed by atoms with van der Waals surface area (Å²) in [6.07, 6.45) is 3.61. The lowest BCUT2D eigenvalue weighted by Crippen LogP contribution is -2.37. The standard InChI is InChI=1S/C15H23N3O2/c1-3-15(2)6-8-17(9-7-15)11-12-4-5-13(16)14(10-12)18(19)20/h4-5,10H,3,6-9,11,16H2,1-2H3. The van der Waals surface area contributed by atoms with Crippen LogP contribution >= 0.6 is 0 Å². The van der Waals surface area contributed by atoms with Gasteiger partial charge >= 0.3 is 0 Å². The molecule has 1 aromatic carbocycles. The topological polar surface area (TPSA) is 72.4 Å². The Hall–Kier alpha value is -1.62. The van der Waals surface area contributed by atoms with E-state index in [2.05, 4.69) is 18.7 Å². The molecule has 0 aliphatic carbocycles. The van der Waals surface area contributed by atoms with Gasteiger partial charge in [-0.3, -0.25) is 15.0 Å². The monoisotopic (exact) mass is 277 g/mol. The summed E-state index contributed by atoms with van der Waals surface area (Å²) in [7, 11) is 0. The number of nitro benzene ring substituents is 1. The Balaban J connectivity index is 2.01. The van der Waals surface area contributed by atoms with Crippen molar-refractivity contribution in [2.45, 2.75) is 39.7 Å². The molecule has 0 amide bonds. The second-order valence-electron chi connectivity index (χ2n) is 6.09. The molecular weight excluding hydrogens is 254 g/mol. The first-order valence-electron chi connectivity index (χ1n) is 7.19. The molecule has 0 aromatic heterocycles. The van der Waals surface area contributed by atoms with E-state index in [0.717, 1.165) is 25.2 Å². The predicted molar refractivity (Wildman–Crippen MR) is 80.4 cm³/mol. The van der Waals surface area contributed by atoms with Crippen molar-refractivity contribution in [3.8, 4) is 0 Å². The van der Waals surface area contributed by atoms with Crippen molar-refractivity contribution in [1.82, 2.24) is 4.90 Å². The molecule has 0 unspecified atom stereocenters. The van der Waals surface area contributed by atoms with Gasteiger partial charge in [0.05, 0.1) is 4.92 Å². The van der Waals surface area contributed by atoms with E-state index >= 15 is 0 Å². The first-order valence-corrected chi connectivity index (χ1v) is 7.19. The Bertz CT molecular complexity index is 494. The average molecular weight is 277 g/mol. The number of nitrogens with zero attached hydrogens (tertiary/aromatic N) is 2. The SMILES string of the molecule is CCC1(C)CCN(Cc2ccc(N)c([N+](=O)[O-])c2)CC1. The number of benzene rings is 1. The Labute approximate surface area is 119 Å². The van der Waals surface area contributed by atoms with Crippen LogP contribution in [0.15, 0.2) is 18.2 Å². The molecule has 0 atom stereocenters. The van der Waals surface area contributed by atoms with Crippen LogP contribution in [0.2, 0.25) is 0 Å². The van der Waals surface area contributed by atoms with Crippen molar-refractivity contribution in [2.24, 2.45) is 5.41 Å². The van der Waals surface area contributed by atoms with Gasteiger partial charge in [-0.2, -0.15) is 0 Å². The number of nitro groups is 1. The van der Waals surface area contributed by atoms with Crippen molar-refractivity contribution < 1.29 is 4.92 Å². The minimum atomic E-state index is -0.414. The molecule has 0 saturated carbocycles. The summed E-state index contributed by atoms with van der Waals surface area (Å²) in [4.78, 5) is 12.9. The third-order valence-corrected chi connectivity index (χ3v) is 4.61. The van der Waals surface area contributed by atoms with Gasteiger partial charge in [0, 0.05) is 12.6 Å². The molecule has 0 spiro atoms. The van der Waals surface area contributed by atoms with Crippen LogP contribution in [-0.4, -0.2) is 22.9 Å².